The third kappa shape index (κ3) is 3.30. The summed E-state index contributed by atoms with van der Waals surface area (Å²) in [5.41, 5.74) is 5.92. The summed E-state index contributed by atoms with van der Waals surface area (Å²) in [7, 11) is 0. The molecule has 0 amide bonds. The van der Waals surface area contributed by atoms with Gasteiger partial charge in [0.2, 0.25) is 0 Å². The molecule has 2 aromatic heterocycles. The zero-order valence-electron chi connectivity index (χ0n) is 21.8. The van der Waals surface area contributed by atoms with Crippen molar-refractivity contribution in [1.82, 2.24) is 9.55 Å². The quantitative estimate of drug-likeness (QED) is 0.213. The van der Waals surface area contributed by atoms with Gasteiger partial charge in [-0.1, -0.05) is 111 Å². The number of imidazole rings is 1. The molecule has 8 rings (SSSR count). The van der Waals surface area contributed by atoms with E-state index >= 15 is 0 Å². The summed E-state index contributed by atoms with van der Waals surface area (Å²) < 4.78 is 5.08. The first-order valence-electron chi connectivity index (χ1n) is 13.5. The largest absolute Gasteiger partial charge is 0.295 e. The average molecular weight is 519 g/mol. The van der Waals surface area contributed by atoms with Crippen LogP contribution in [0.3, 0.4) is 0 Å². The number of nitrogens with zero attached hydrogens (tertiary/aromatic N) is 2. The lowest BCUT2D eigenvalue weighted by Crippen LogP contribution is -2.03. The molecule has 0 saturated carbocycles. The molecule has 2 nitrogen and oxygen atoms in total. The Kier molecular flexibility index (Phi) is 4.92. The van der Waals surface area contributed by atoms with Crippen LogP contribution in [0.1, 0.15) is 25.6 Å². The van der Waals surface area contributed by atoms with Crippen molar-refractivity contribution in [2.45, 2.75) is 19.8 Å². The Morgan fingerprint density at radius 2 is 1.26 bits per heavy atom. The van der Waals surface area contributed by atoms with Gasteiger partial charge >= 0.3 is 0 Å². The first-order valence-corrected chi connectivity index (χ1v) is 14.3. The van der Waals surface area contributed by atoms with Gasteiger partial charge in [0.05, 0.1) is 11.0 Å². The van der Waals surface area contributed by atoms with Gasteiger partial charge in [-0.3, -0.25) is 4.57 Å². The molecule has 0 aliphatic rings. The van der Waals surface area contributed by atoms with E-state index in [2.05, 4.69) is 134 Å². The molecular weight excluding hydrogens is 492 g/mol. The number of benzene rings is 6. The van der Waals surface area contributed by atoms with Crippen LogP contribution in [-0.2, 0) is 0 Å². The fraction of sp³-hybridized carbons (Fsp3) is 0.0833. The minimum Gasteiger partial charge on any atom is -0.295 e. The van der Waals surface area contributed by atoms with E-state index in [-0.39, 0.29) is 5.92 Å². The summed E-state index contributed by atoms with van der Waals surface area (Å²) in [5, 5.41) is 7.62. The summed E-state index contributed by atoms with van der Waals surface area (Å²) >= 11 is 1.88. The highest BCUT2D eigenvalue weighted by Gasteiger charge is 2.21. The Morgan fingerprint density at radius 3 is 2.05 bits per heavy atom. The van der Waals surface area contributed by atoms with E-state index in [1.165, 1.54) is 58.4 Å². The molecule has 0 aliphatic carbocycles. The fourth-order valence-corrected chi connectivity index (χ4v) is 7.40. The van der Waals surface area contributed by atoms with Crippen LogP contribution >= 0.6 is 11.3 Å². The van der Waals surface area contributed by atoms with Crippen LogP contribution in [0.15, 0.2) is 115 Å². The third-order valence-corrected chi connectivity index (χ3v) is 9.11. The number of fused-ring (bicyclic) bond motifs is 9. The van der Waals surface area contributed by atoms with Crippen molar-refractivity contribution in [2.75, 3.05) is 0 Å². The molecule has 0 atom stereocenters. The molecule has 0 fully saturated rings. The molecule has 0 N–H and O–H groups in total. The lowest BCUT2D eigenvalue weighted by Gasteiger charge is -2.15. The predicted octanol–water partition coefficient (Wildman–Crippen LogP) is 10.5. The Balaban J connectivity index is 1.45. The van der Waals surface area contributed by atoms with E-state index in [0.717, 1.165) is 17.0 Å². The zero-order chi connectivity index (χ0) is 26.1. The molecule has 6 aromatic carbocycles. The van der Waals surface area contributed by atoms with Gasteiger partial charge in [0.25, 0.3) is 0 Å². The Morgan fingerprint density at radius 1 is 0.615 bits per heavy atom. The van der Waals surface area contributed by atoms with Crippen LogP contribution < -0.4 is 0 Å². The third-order valence-electron chi connectivity index (χ3n) is 7.89. The van der Waals surface area contributed by atoms with Crippen LogP contribution in [0, 0.1) is 0 Å². The van der Waals surface area contributed by atoms with Crippen LogP contribution in [0.25, 0.3) is 69.6 Å². The molecule has 0 unspecified atom stereocenters. The van der Waals surface area contributed by atoms with Gasteiger partial charge in [0.15, 0.2) is 0 Å². The van der Waals surface area contributed by atoms with Crippen molar-refractivity contribution >= 4 is 64.1 Å². The van der Waals surface area contributed by atoms with Crippen molar-refractivity contribution in [1.29, 1.82) is 0 Å². The van der Waals surface area contributed by atoms with Gasteiger partial charge in [-0.2, -0.15) is 0 Å². The Labute approximate surface area is 230 Å². The predicted molar refractivity (Wildman–Crippen MR) is 168 cm³/mol. The molecule has 3 heteroatoms. The summed E-state index contributed by atoms with van der Waals surface area (Å²) in [6.45, 7) is 4.48. The molecule has 0 bridgehead atoms. The van der Waals surface area contributed by atoms with Crippen molar-refractivity contribution < 1.29 is 0 Å². The Hall–Kier alpha value is -4.47. The minimum atomic E-state index is 0.268. The SMILES string of the molecule is CC(C)c1nc2c3ccccc3c3ccccc3c2n1-c1cccc(-c2cccc3c2sc2ccccc23)c1. The molecule has 2 heterocycles. The van der Waals surface area contributed by atoms with Gasteiger partial charge in [0.1, 0.15) is 5.82 Å². The van der Waals surface area contributed by atoms with Crippen LogP contribution in [0.4, 0.5) is 0 Å². The average Bonchev–Trinajstić information content (AvgIpc) is 3.57. The van der Waals surface area contributed by atoms with E-state index in [4.69, 9.17) is 4.98 Å². The molecular formula is C36H26N2S. The lowest BCUT2D eigenvalue weighted by molar-refractivity contribution is 0.760. The summed E-state index contributed by atoms with van der Waals surface area (Å²) in [4.78, 5) is 5.31. The maximum Gasteiger partial charge on any atom is 0.117 e. The molecule has 0 aliphatic heterocycles. The van der Waals surface area contributed by atoms with E-state index < -0.39 is 0 Å². The highest BCUT2D eigenvalue weighted by Crippen LogP contribution is 2.42. The number of thiophene rings is 1. The first-order chi connectivity index (χ1) is 19.2. The van der Waals surface area contributed by atoms with Crippen LogP contribution in [0.5, 0.6) is 0 Å². The lowest BCUT2D eigenvalue weighted by atomic mass is 9.99. The second-order valence-corrected chi connectivity index (χ2v) is 11.6. The second-order valence-electron chi connectivity index (χ2n) is 10.6. The number of hydrogen-bond acceptors (Lipinski definition) is 2. The standard InChI is InChI=1S/C36H26N2S/c1-22(2)36-37-33-29-16-5-3-13-26(29)27-14-4-6-17-30(27)34(33)38(36)24-12-9-11-23(21-24)25-18-10-19-31-28-15-7-8-20-32(28)39-35(25)31/h3-22H,1-2H3. The summed E-state index contributed by atoms with van der Waals surface area (Å²) in [6, 6.07) is 41.9. The number of aromatic nitrogens is 2. The van der Waals surface area contributed by atoms with Gasteiger partial charge in [-0.25, -0.2) is 4.98 Å². The van der Waals surface area contributed by atoms with Gasteiger partial charge in [-0.15, -0.1) is 11.3 Å². The normalized spacial score (nSPS) is 12.1. The van der Waals surface area contributed by atoms with Crippen molar-refractivity contribution in [3.63, 3.8) is 0 Å². The number of rotatable bonds is 3. The van der Waals surface area contributed by atoms with Crippen LogP contribution in [-0.4, -0.2) is 9.55 Å². The maximum absolute atomic E-state index is 5.31. The zero-order valence-corrected chi connectivity index (χ0v) is 22.7. The van der Waals surface area contributed by atoms with Gasteiger partial charge in [-0.05, 0) is 40.1 Å². The van der Waals surface area contributed by atoms with Crippen molar-refractivity contribution in [2.24, 2.45) is 0 Å². The van der Waals surface area contributed by atoms with Crippen molar-refractivity contribution in [3.8, 4) is 16.8 Å². The summed E-state index contributed by atoms with van der Waals surface area (Å²) in [6.07, 6.45) is 0. The summed E-state index contributed by atoms with van der Waals surface area (Å²) in [5.74, 6) is 1.35. The smallest absolute Gasteiger partial charge is 0.117 e. The Bertz CT molecular complexity index is 2210. The monoisotopic (exact) mass is 518 g/mol. The number of hydrogen-bond donors (Lipinski definition) is 0. The molecule has 186 valence electrons. The van der Waals surface area contributed by atoms with E-state index in [0.29, 0.717) is 0 Å². The van der Waals surface area contributed by atoms with E-state index in [9.17, 15) is 0 Å². The molecule has 39 heavy (non-hydrogen) atoms. The van der Waals surface area contributed by atoms with Crippen molar-refractivity contribution in [3.05, 3.63) is 121 Å². The van der Waals surface area contributed by atoms with Crippen LogP contribution in [0.2, 0.25) is 0 Å². The molecule has 0 saturated heterocycles. The molecule has 0 radical (unpaired) electrons. The van der Waals surface area contributed by atoms with Gasteiger partial charge in [0, 0.05) is 42.6 Å². The topological polar surface area (TPSA) is 17.8 Å². The molecule has 0 spiro atoms. The molecule has 8 aromatic rings. The van der Waals surface area contributed by atoms with Gasteiger partial charge < -0.3 is 0 Å². The van der Waals surface area contributed by atoms with E-state index in [1.807, 2.05) is 11.3 Å². The highest BCUT2D eigenvalue weighted by molar-refractivity contribution is 7.26. The first kappa shape index (κ1) is 22.5. The maximum atomic E-state index is 5.31. The van der Waals surface area contributed by atoms with E-state index in [1.54, 1.807) is 0 Å². The highest BCUT2D eigenvalue weighted by atomic mass is 32.1. The second kappa shape index (κ2) is 8.52. The minimum absolute atomic E-state index is 0.268. The fourth-order valence-electron chi connectivity index (χ4n) is 6.16.